The third kappa shape index (κ3) is 3.29. The lowest BCUT2D eigenvalue weighted by Crippen LogP contribution is -1.98. The van der Waals surface area contributed by atoms with Gasteiger partial charge in [0.05, 0.1) is 10.5 Å². The summed E-state index contributed by atoms with van der Waals surface area (Å²) in [5, 5.41) is 25.7. The Labute approximate surface area is 114 Å². The molecule has 0 heterocycles. The lowest BCUT2D eigenvalue weighted by atomic mass is 10.2. The van der Waals surface area contributed by atoms with E-state index < -0.39 is 4.92 Å². The smallest absolute Gasteiger partial charge is 0.276 e. The Hall–Kier alpha value is -2.96. The molecule has 0 aliphatic carbocycles. The van der Waals surface area contributed by atoms with Crippen LogP contribution in [0.25, 0.3) is 0 Å². The number of para-hydroxylation sites is 2. The van der Waals surface area contributed by atoms with E-state index in [0.29, 0.717) is 16.1 Å². The molecule has 20 heavy (non-hydrogen) atoms. The second kappa shape index (κ2) is 6.28. The Kier molecular flexibility index (Phi) is 4.23. The molecule has 7 nitrogen and oxygen atoms in total. The van der Waals surface area contributed by atoms with E-state index in [9.17, 15) is 15.3 Å². The van der Waals surface area contributed by atoms with E-state index in [-0.39, 0.29) is 12.3 Å². The Bertz CT molecular complexity index is 629. The molecule has 0 N–H and O–H groups in total. The zero-order chi connectivity index (χ0) is 14.4. The summed E-state index contributed by atoms with van der Waals surface area (Å²) in [6, 6.07) is 14.4. The second-order valence-corrected chi connectivity index (χ2v) is 3.85. The van der Waals surface area contributed by atoms with Gasteiger partial charge in [0.25, 0.3) is 5.69 Å². The highest BCUT2D eigenvalue weighted by molar-refractivity contribution is 5.39. The van der Waals surface area contributed by atoms with Crippen LogP contribution in [0.4, 0.5) is 11.4 Å². The molecule has 0 saturated carbocycles. The van der Waals surface area contributed by atoms with Gasteiger partial charge in [-0.2, -0.15) is 0 Å². The van der Waals surface area contributed by atoms with Gasteiger partial charge in [0.15, 0.2) is 6.61 Å². The monoisotopic (exact) mass is 273 g/mol. The molecular formula is C13H11N3O4. The quantitative estimate of drug-likeness (QED) is 0.361. The molecule has 0 saturated heterocycles. The molecule has 0 aliphatic heterocycles. The van der Waals surface area contributed by atoms with Crippen LogP contribution in [0.3, 0.4) is 0 Å². The maximum absolute atomic E-state index is 11.5. The minimum Gasteiger partial charge on any atom is -0.592 e. The van der Waals surface area contributed by atoms with Crippen LogP contribution in [0.2, 0.25) is 0 Å². The largest absolute Gasteiger partial charge is 0.592 e. The maximum Gasteiger partial charge on any atom is 0.276 e. The topological polar surface area (TPSA) is 90.8 Å². The van der Waals surface area contributed by atoms with Gasteiger partial charge in [0, 0.05) is 18.2 Å². The van der Waals surface area contributed by atoms with Crippen molar-refractivity contribution < 1.29 is 14.6 Å². The number of nitro benzene ring substituents is 1. The minimum absolute atomic E-state index is 0.0696. The molecule has 0 aliphatic rings. The number of hydrogen-bond donors (Lipinski definition) is 0. The van der Waals surface area contributed by atoms with Gasteiger partial charge < -0.3 is 10.0 Å². The van der Waals surface area contributed by atoms with E-state index in [1.165, 1.54) is 6.07 Å². The fourth-order valence-electron chi connectivity index (χ4n) is 1.56. The Balaban J connectivity index is 2.05. The van der Waals surface area contributed by atoms with E-state index in [1.807, 2.05) is 0 Å². The predicted molar refractivity (Wildman–Crippen MR) is 70.0 cm³/mol. The molecule has 0 aromatic heterocycles. The highest BCUT2D eigenvalue weighted by atomic mass is 16.7. The van der Waals surface area contributed by atoms with Crippen LogP contribution in [-0.2, 0) is 11.4 Å². The van der Waals surface area contributed by atoms with Crippen molar-refractivity contribution in [3.8, 4) is 0 Å². The zero-order valence-electron chi connectivity index (χ0n) is 10.4. The van der Waals surface area contributed by atoms with Crippen LogP contribution >= 0.6 is 0 Å². The van der Waals surface area contributed by atoms with Gasteiger partial charge in [0.1, 0.15) is 0 Å². The summed E-state index contributed by atoms with van der Waals surface area (Å²) in [5.74, 6) is 0. The second-order valence-electron chi connectivity index (χ2n) is 3.85. The number of benzene rings is 2. The van der Waals surface area contributed by atoms with Gasteiger partial charge in [-0.1, -0.05) is 30.3 Å². The molecule has 0 amide bonds. The average molecular weight is 273 g/mol. The van der Waals surface area contributed by atoms with Crippen LogP contribution in [-0.4, -0.2) is 9.78 Å². The summed E-state index contributed by atoms with van der Waals surface area (Å²) in [7, 11) is 0. The van der Waals surface area contributed by atoms with Crippen molar-refractivity contribution in [2.45, 2.75) is 6.61 Å². The third-order valence-electron chi connectivity index (χ3n) is 2.52. The third-order valence-corrected chi connectivity index (χ3v) is 2.52. The van der Waals surface area contributed by atoms with Crippen LogP contribution in [0.1, 0.15) is 5.56 Å². The summed E-state index contributed by atoms with van der Waals surface area (Å²) >= 11 is 0. The van der Waals surface area contributed by atoms with Gasteiger partial charge in [0.2, 0.25) is 11.0 Å². The first-order valence-electron chi connectivity index (χ1n) is 5.76. The van der Waals surface area contributed by atoms with E-state index in [1.54, 1.807) is 48.5 Å². The summed E-state index contributed by atoms with van der Waals surface area (Å²) in [6.07, 6.45) is 0. The maximum atomic E-state index is 11.5. The fourth-order valence-corrected chi connectivity index (χ4v) is 1.56. The van der Waals surface area contributed by atoms with Gasteiger partial charge in [-0.05, 0) is 10.9 Å². The summed E-state index contributed by atoms with van der Waals surface area (Å²) in [6.45, 7) is -0.150. The van der Waals surface area contributed by atoms with Gasteiger partial charge in [-0.3, -0.25) is 10.1 Å². The first kappa shape index (κ1) is 13.5. The molecule has 2 aromatic carbocycles. The van der Waals surface area contributed by atoms with Gasteiger partial charge >= 0.3 is 0 Å². The summed E-state index contributed by atoms with van der Waals surface area (Å²) < 4.78 is 0. The van der Waals surface area contributed by atoms with Crippen LogP contribution in [0.5, 0.6) is 0 Å². The number of nitro groups is 1. The van der Waals surface area contributed by atoms with Crippen LogP contribution in [0.15, 0.2) is 59.9 Å². The molecule has 102 valence electrons. The summed E-state index contributed by atoms with van der Waals surface area (Å²) in [5.41, 5.74) is 0.595. The fraction of sp³-hybridized carbons (Fsp3) is 0.0769. The molecule has 7 heteroatoms. The van der Waals surface area contributed by atoms with Crippen molar-refractivity contribution in [2.24, 2.45) is 5.28 Å². The molecule has 0 radical (unpaired) electrons. The Morgan fingerprint density at radius 1 is 1.00 bits per heavy atom. The first-order valence-corrected chi connectivity index (χ1v) is 5.76. The lowest BCUT2D eigenvalue weighted by molar-refractivity contribution is -0.480. The minimum atomic E-state index is -0.509. The molecule has 0 atom stereocenters. The SMILES string of the molecule is O=[N+]([O-])c1ccccc1CO/N=[N+](/[O-])c1ccccc1. The van der Waals surface area contributed by atoms with E-state index in [2.05, 4.69) is 5.28 Å². The first-order chi connectivity index (χ1) is 9.68. The van der Waals surface area contributed by atoms with Crippen LogP contribution in [0, 0.1) is 15.3 Å². The van der Waals surface area contributed by atoms with E-state index in [0.717, 1.165) is 0 Å². The van der Waals surface area contributed by atoms with Crippen molar-refractivity contribution in [3.05, 3.63) is 75.5 Å². The molecule has 0 fully saturated rings. The highest BCUT2D eigenvalue weighted by Gasteiger charge is 2.13. The molecule has 2 rings (SSSR count). The van der Waals surface area contributed by atoms with Crippen molar-refractivity contribution in [1.82, 2.24) is 0 Å². The summed E-state index contributed by atoms with van der Waals surface area (Å²) in [4.78, 5) is 15.5. The number of nitrogens with zero attached hydrogens (tertiary/aromatic N) is 3. The van der Waals surface area contributed by atoms with Crippen molar-refractivity contribution in [3.63, 3.8) is 0 Å². The number of rotatable bonds is 5. The van der Waals surface area contributed by atoms with Gasteiger partial charge in [-0.25, -0.2) is 0 Å². The average Bonchev–Trinajstić information content (AvgIpc) is 2.48. The standard InChI is InChI=1S/C13H11N3O4/c17-15(12-7-2-1-3-8-12)14-20-10-11-6-4-5-9-13(11)16(18)19/h1-9H,10H2/b15-14+. The van der Waals surface area contributed by atoms with E-state index in [4.69, 9.17) is 4.84 Å². The predicted octanol–water partition coefficient (Wildman–Crippen LogP) is 3.32. The van der Waals surface area contributed by atoms with E-state index >= 15 is 0 Å². The molecule has 0 spiro atoms. The Morgan fingerprint density at radius 2 is 1.65 bits per heavy atom. The number of hydrogen-bond acceptors (Lipinski definition) is 5. The Morgan fingerprint density at radius 3 is 2.35 bits per heavy atom. The molecule has 0 bridgehead atoms. The van der Waals surface area contributed by atoms with Crippen molar-refractivity contribution in [1.29, 1.82) is 0 Å². The highest BCUT2D eigenvalue weighted by Crippen LogP contribution is 2.18. The van der Waals surface area contributed by atoms with Crippen LogP contribution < -0.4 is 0 Å². The lowest BCUT2D eigenvalue weighted by Gasteiger charge is -2.01. The molecular weight excluding hydrogens is 262 g/mol. The van der Waals surface area contributed by atoms with Crippen molar-refractivity contribution in [2.75, 3.05) is 0 Å². The zero-order valence-corrected chi connectivity index (χ0v) is 10.4. The van der Waals surface area contributed by atoms with Crippen molar-refractivity contribution >= 4 is 11.4 Å². The molecule has 0 unspecified atom stereocenters. The van der Waals surface area contributed by atoms with Gasteiger partial charge in [-0.15, -0.1) is 0 Å². The normalized spacial score (nSPS) is 11.1. The molecule has 2 aromatic rings.